The van der Waals surface area contributed by atoms with Gasteiger partial charge in [0.25, 0.3) is 0 Å². The van der Waals surface area contributed by atoms with Gasteiger partial charge in [0.05, 0.1) is 0 Å². The van der Waals surface area contributed by atoms with Gasteiger partial charge in [0.15, 0.2) is 0 Å². The summed E-state index contributed by atoms with van der Waals surface area (Å²) in [7, 11) is 0. The van der Waals surface area contributed by atoms with E-state index in [1.54, 1.807) is 57.8 Å². The summed E-state index contributed by atoms with van der Waals surface area (Å²) in [5.41, 5.74) is 2.37. The number of rotatable bonds is 2. The van der Waals surface area contributed by atoms with E-state index in [0.717, 1.165) is 46.3 Å². The minimum atomic E-state index is 0.693. The van der Waals surface area contributed by atoms with Gasteiger partial charge < -0.3 is 0 Å². The highest BCUT2D eigenvalue weighted by molar-refractivity contribution is 5.34. The summed E-state index contributed by atoms with van der Waals surface area (Å²) in [5.74, 6) is 6.39. The van der Waals surface area contributed by atoms with E-state index in [0.29, 0.717) is 5.41 Å². The number of hydrogen-bond acceptors (Lipinski definition) is 0. The Labute approximate surface area is 171 Å². The Balaban J connectivity index is 0.000000495. The summed E-state index contributed by atoms with van der Waals surface area (Å²) >= 11 is 0. The smallest absolute Gasteiger partial charge is 0.0165 e. The first-order valence-corrected chi connectivity index (χ1v) is 13.0. The second-order valence-corrected chi connectivity index (χ2v) is 10.9. The van der Waals surface area contributed by atoms with Gasteiger partial charge in [-0.15, -0.1) is 0 Å². The van der Waals surface area contributed by atoms with Gasteiger partial charge in [-0.05, 0) is 96.7 Å². The van der Waals surface area contributed by atoms with Crippen molar-refractivity contribution in [2.24, 2.45) is 51.8 Å². The molecule has 5 fully saturated rings. The molecule has 8 atom stereocenters. The van der Waals surface area contributed by atoms with E-state index in [1.165, 1.54) is 6.42 Å². The van der Waals surface area contributed by atoms with Crippen molar-refractivity contribution in [3.05, 3.63) is 0 Å². The quantitative estimate of drug-likeness (QED) is 0.453. The second kappa shape index (κ2) is 7.68. The van der Waals surface area contributed by atoms with Crippen LogP contribution in [0.25, 0.3) is 0 Å². The van der Waals surface area contributed by atoms with Gasteiger partial charge in [-0.1, -0.05) is 74.7 Å². The SMILES string of the molecule is CC.CC.CC[C@H]1CC23C4CCC(C(C)C)C4(C)CC[C@@H]2C32CCCCC12. The van der Waals surface area contributed by atoms with Crippen molar-refractivity contribution in [1.29, 1.82) is 0 Å². The molecule has 0 saturated heterocycles. The lowest BCUT2D eigenvalue weighted by Gasteiger charge is -2.47. The number of fused-ring (bicyclic) bond motifs is 1. The van der Waals surface area contributed by atoms with Crippen LogP contribution in [0.1, 0.15) is 120 Å². The molecule has 0 nitrogen and oxygen atoms in total. The lowest BCUT2D eigenvalue weighted by Crippen LogP contribution is -2.40. The topological polar surface area (TPSA) is 0 Å². The standard InChI is InChI=1S/C23H38.2C2H6/c1-5-16-14-23-19-10-9-17(15(2)3)21(19,4)13-11-20(23)22(23)12-7-6-8-18(16)22;2*1-2/h15-20H,5-14H2,1-4H3;2*1-2H3/t16-,17?,18?,19?,20+,21?,22?,23?;;/m0../s1. The third-order valence-electron chi connectivity index (χ3n) is 10.5. The molecule has 158 valence electrons. The third-order valence-corrected chi connectivity index (χ3v) is 10.5. The van der Waals surface area contributed by atoms with Crippen molar-refractivity contribution in [2.45, 2.75) is 120 Å². The summed E-state index contributed by atoms with van der Waals surface area (Å²) in [6.45, 7) is 18.3. The van der Waals surface area contributed by atoms with Crippen LogP contribution in [0.5, 0.6) is 0 Å². The van der Waals surface area contributed by atoms with Crippen LogP contribution in [0, 0.1) is 51.8 Å². The van der Waals surface area contributed by atoms with Crippen LogP contribution in [-0.4, -0.2) is 0 Å². The van der Waals surface area contributed by atoms with Gasteiger partial charge in [-0.25, -0.2) is 0 Å². The van der Waals surface area contributed by atoms with Crippen molar-refractivity contribution in [3.63, 3.8) is 0 Å². The van der Waals surface area contributed by atoms with E-state index < -0.39 is 0 Å². The van der Waals surface area contributed by atoms with E-state index >= 15 is 0 Å². The monoisotopic (exact) mass is 374 g/mol. The minimum absolute atomic E-state index is 0.693. The fourth-order valence-electron chi connectivity index (χ4n) is 10.2. The maximum atomic E-state index is 2.74. The van der Waals surface area contributed by atoms with Gasteiger partial charge in [0, 0.05) is 0 Å². The van der Waals surface area contributed by atoms with E-state index in [1.807, 2.05) is 27.7 Å². The molecule has 0 aromatic rings. The minimum Gasteiger partial charge on any atom is -0.0683 e. The van der Waals surface area contributed by atoms with Crippen LogP contribution >= 0.6 is 0 Å². The van der Waals surface area contributed by atoms with Crippen molar-refractivity contribution in [1.82, 2.24) is 0 Å². The Morgan fingerprint density at radius 2 is 1.52 bits per heavy atom. The predicted molar refractivity (Wildman–Crippen MR) is 120 cm³/mol. The summed E-state index contributed by atoms with van der Waals surface area (Å²) in [4.78, 5) is 0. The first-order valence-electron chi connectivity index (χ1n) is 13.0. The molecule has 0 heteroatoms. The molecule has 0 bridgehead atoms. The van der Waals surface area contributed by atoms with Crippen LogP contribution < -0.4 is 0 Å². The Kier molecular flexibility index (Phi) is 6.17. The molecule has 0 amide bonds. The van der Waals surface area contributed by atoms with Crippen molar-refractivity contribution in [3.8, 4) is 0 Å². The molecule has 2 spiro atoms. The van der Waals surface area contributed by atoms with Crippen LogP contribution in [0.3, 0.4) is 0 Å². The molecule has 0 aromatic heterocycles. The molecule has 5 rings (SSSR count). The molecule has 6 unspecified atom stereocenters. The van der Waals surface area contributed by atoms with E-state index in [2.05, 4.69) is 27.7 Å². The summed E-state index contributed by atoms with van der Waals surface area (Å²) in [6.07, 6.45) is 15.7. The summed E-state index contributed by atoms with van der Waals surface area (Å²) in [5, 5.41) is 0. The largest absolute Gasteiger partial charge is 0.0683 e. The lowest BCUT2D eigenvalue weighted by atomic mass is 9.58. The average Bonchev–Trinajstić information content (AvgIpc) is 2.97. The highest BCUT2D eigenvalue weighted by atomic mass is 14.9. The molecule has 5 aliphatic rings. The molecule has 5 aliphatic carbocycles. The van der Waals surface area contributed by atoms with Crippen LogP contribution in [-0.2, 0) is 0 Å². The zero-order valence-corrected chi connectivity index (χ0v) is 20.0. The second-order valence-electron chi connectivity index (χ2n) is 10.9. The molecular weight excluding hydrogens is 324 g/mol. The molecule has 27 heavy (non-hydrogen) atoms. The zero-order valence-electron chi connectivity index (χ0n) is 20.0. The van der Waals surface area contributed by atoms with Crippen molar-refractivity contribution >= 4 is 0 Å². The van der Waals surface area contributed by atoms with Crippen LogP contribution in [0.4, 0.5) is 0 Å². The Hall–Kier alpha value is 0. The maximum absolute atomic E-state index is 2.74. The van der Waals surface area contributed by atoms with Gasteiger partial charge in [0.2, 0.25) is 0 Å². The van der Waals surface area contributed by atoms with Gasteiger partial charge in [-0.2, -0.15) is 0 Å². The summed E-state index contributed by atoms with van der Waals surface area (Å²) < 4.78 is 0. The maximum Gasteiger partial charge on any atom is -0.0165 e. The number of hydrogen-bond donors (Lipinski definition) is 0. The van der Waals surface area contributed by atoms with E-state index in [-0.39, 0.29) is 0 Å². The first-order chi connectivity index (χ1) is 13.0. The third kappa shape index (κ3) is 2.53. The zero-order chi connectivity index (χ0) is 20.0. The normalized spacial score (nSPS) is 51.7. The Morgan fingerprint density at radius 1 is 0.815 bits per heavy atom. The predicted octanol–water partition coefficient (Wildman–Crippen LogP) is 8.74. The molecule has 0 aliphatic heterocycles. The van der Waals surface area contributed by atoms with Crippen LogP contribution in [0.15, 0.2) is 0 Å². The molecule has 0 radical (unpaired) electrons. The molecule has 0 heterocycles. The fourth-order valence-corrected chi connectivity index (χ4v) is 10.2. The van der Waals surface area contributed by atoms with E-state index in [9.17, 15) is 0 Å². The summed E-state index contributed by atoms with van der Waals surface area (Å²) in [6, 6.07) is 0. The van der Waals surface area contributed by atoms with E-state index in [4.69, 9.17) is 0 Å². The molecule has 0 N–H and O–H groups in total. The Bertz CT molecular complexity index is 506. The van der Waals surface area contributed by atoms with Crippen molar-refractivity contribution < 1.29 is 0 Å². The average molecular weight is 375 g/mol. The van der Waals surface area contributed by atoms with Gasteiger partial charge >= 0.3 is 0 Å². The molecule has 5 saturated carbocycles. The van der Waals surface area contributed by atoms with Gasteiger partial charge in [0.1, 0.15) is 0 Å². The molecular formula is C27H50. The fraction of sp³-hybridized carbons (Fsp3) is 1.00. The van der Waals surface area contributed by atoms with Crippen molar-refractivity contribution in [2.75, 3.05) is 0 Å². The van der Waals surface area contributed by atoms with Gasteiger partial charge in [-0.3, -0.25) is 0 Å². The van der Waals surface area contributed by atoms with Crippen LogP contribution in [0.2, 0.25) is 0 Å². The molecule has 0 aromatic carbocycles. The highest BCUT2D eigenvalue weighted by Crippen LogP contribution is 2.92. The highest BCUT2D eigenvalue weighted by Gasteiger charge is 2.86. The Morgan fingerprint density at radius 3 is 2.15 bits per heavy atom. The first kappa shape index (κ1) is 21.7. The lowest BCUT2D eigenvalue weighted by molar-refractivity contribution is 0.0161.